The van der Waals surface area contributed by atoms with E-state index in [1.165, 1.54) is 11.1 Å². The number of phenols is 1. The van der Waals surface area contributed by atoms with Gasteiger partial charge in [0.2, 0.25) is 5.82 Å². The summed E-state index contributed by atoms with van der Waals surface area (Å²) >= 11 is 0. The smallest absolute Gasteiger partial charge is 0.258 e. The largest absolute Gasteiger partial charge is 0.508 e. The summed E-state index contributed by atoms with van der Waals surface area (Å²) in [7, 11) is 0. The topological polar surface area (TPSA) is 71.2 Å². The molecular formula is C16H13N3O2. The summed E-state index contributed by atoms with van der Waals surface area (Å²) in [6.45, 7) is 1.79. The Morgan fingerprint density at radius 3 is 2.57 bits per heavy atom. The van der Waals surface area contributed by atoms with E-state index in [0.29, 0.717) is 11.7 Å². The Labute approximate surface area is 121 Å². The number of hydrogen-bond acceptors (Lipinski definition) is 5. The molecule has 5 nitrogen and oxygen atoms in total. The Morgan fingerprint density at radius 1 is 0.952 bits per heavy atom. The van der Waals surface area contributed by atoms with Crippen LogP contribution in [0.1, 0.15) is 11.1 Å². The molecule has 104 valence electrons. The van der Waals surface area contributed by atoms with Gasteiger partial charge < -0.3 is 14.9 Å². The van der Waals surface area contributed by atoms with Crippen LogP contribution in [0.2, 0.25) is 0 Å². The van der Waals surface area contributed by atoms with E-state index in [2.05, 4.69) is 27.6 Å². The number of hydrogen-bond donors (Lipinski definition) is 2. The van der Waals surface area contributed by atoms with Crippen molar-refractivity contribution < 1.29 is 9.63 Å². The van der Waals surface area contributed by atoms with Crippen LogP contribution >= 0.6 is 0 Å². The van der Waals surface area contributed by atoms with Gasteiger partial charge in [0.1, 0.15) is 5.75 Å². The zero-order valence-corrected chi connectivity index (χ0v) is 11.2. The van der Waals surface area contributed by atoms with Crippen molar-refractivity contribution >= 4 is 0 Å². The summed E-state index contributed by atoms with van der Waals surface area (Å²) in [6, 6.07) is 12.9. The van der Waals surface area contributed by atoms with Crippen molar-refractivity contribution in [2.45, 2.75) is 13.1 Å². The number of phenolic OH excluding ortho intramolecular Hbond substituents is 1. The fraction of sp³-hybridized carbons (Fsp3) is 0.125. The van der Waals surface area contributed by atoms with Crippen LogP contribution < -0.4 is 5.32 Å². The second kappa shape index (κ2) is 4.71. The van der Waals surface area contributed by atoms with Crippen LogP contribution in [-0.4, -0.2) is 15.2 Å². The van der Waals surface area contributed by atoms with Crippen molar-refractivity contribution in [3.8, 4) is 28.6 Å². The van der Waals surface area contributed by atoms with Gasteiger partial charge in [-0.05, 0) is 47.5 Å². The molecule has 0 saturated heterocycles. The number of nitrogens with one attached hydrogen (secondary N) is 1. The van der Waals surface area contributed by atoms with Crippen molar-refractivity contribution in [3.05, 3.63) is 53.6 Å². The fourth-order valence-electron chi connectivity index (χ4n) is 2.50. The predicted molar refractivity (Wildman–Crippen MR) is 77.4 cm³/mol. The molecule has 2 N–H and O–H groups in total. The van der Waals surface area contributed by atoms with E-state index in [-0.39, 0.29) is 5.75 Å². The SMILES string of the molecule is Oc1ccc(-c2noc(-c3ccc4c(c3)CNC4)n2)cc1. The molecule has 0 saturated carbocycles. The maximum Gasteiger partial charge on any atom is 0.258 e. The second-order valence-electron chi connectivity index (χ2n) is 5.06. The number of aromatic hydroxyl groups is 1. The van der Waals surface area contributed by atoms with E-state index in [4.69, 9.17) is 4.52 Å². The van der Waals surface area contributed by atoms with Gasteiger partial charge in [-0.25, -0.2) is 0 Å². The molecule has 0 spiro atoms. The lowest BCUT2D eigenvalue weighted by Crippen LogP contribution is -1.99. The predicted octanol–water partition coefficient (Wildman–Crippen LogP) is 2.71. The Hall–Kier alpha value is -2.66. The highest BCUT2D eigenvalue weighted by Gasteiger charge is 2.15. The van der Waals surface area contributed by atoms with Crippen molar-refractivity contribution in [3.63, 3.8) is 0 Å². The Morgan fingerprint density at radius 2 is 1.71 bits per heavy atom. The van der Waals surface area contributed by atoms with Crippen LogP contribution in [0.15, 0.2) is 47.0 Å². The molecule has 0 aliphatic carbocycles. The lowest BCUT2D eigenvalue weighted by Gasteiger charge is -1.99. The van der Waals surface area contributed by atoms with Gasteiger partial charge in [-0.2, -0.15) is 4.98 Å². The van der Waals surface area contributed by atoms with Crippen molar-refractivity contribution in [2.24, 2.45) is 0 Å². The first-order valence-electron chi connectivity index (χ1n) is 6.75. The average molecular weight is 279 g/mol. The average Bonchev–Trinajstić information content (AvgIpc) is 3.16. The first-order valence-corrected chi connectivity index (χ1v) is 6.75. The lowest BCUT2D eigenvalue weighted by atomic mass is 10.1. The summed E-state index contributed by atoms with van der Waals surface area (Å²) in [5.74, 6) is 1.24. The van der Waals surface area contributed by atoms with Crippen molar-refractivity contribution in [1.82, 2.24) is 15.5 Å². The molecule has 0 unspecified atom stereocenters. The highest BCUT2D eigenvalue weighted by molar-refractivity contribution is 5.61. The highest BCUT2D eigenvalue weighted by atomic mass is 16.5. The molecule has 0 radical (unpaired) electrons. The molecule has 0 amide bonds. The van der Waals surface area contributed by atoms with E-state index in [1.54, 1.807) is 24.3 Å². The number of nitrogens with zero attached hydrogens (tertiary/aromatic N) is 2. The van der Waals surface area contributed by atoms with Gasteiger partial charge in [0.15, 0.2) is 0 Å². The summed E-state index contributed by atoms with van der Waals surface area (Å²) in [5, 5.41) is 16.6. The van der Waals surface area contributed by atoms with Gasteiger partial charge in [-0.3, -0.25) is 0 Å². The molecule has 3 aromatic rings. The van der Waals surface area contributed by atoms with E-state index < -0.39 is 0 Å². The quantitative estimate of drug-likeness (QED) is 0.754. The molecule has 0 fully saturated rings. The normalized spacial score (nSPS) is 13.3. The van der Waals surface area contributed by atoms with Gasteiger partial charge in [0.25, 0.3) is 5.89 Å². The molecule has 0 bridgehead atoms. The van der Waals surface area contributed by atoms with Crippen molar-refractivity contribution in [2.75, 3.05) is 0 Å². The van der Waals surface area contributed by atoms with Gasteiger partial charge in [0, 0.05) is 24.2 Å². The third-order valence-electron chi connectivity index (χ3n) is 3.64. The van der Waals surface area contributed by atoms with Crippen LogP contribution in [0.5, 0.6) is 5.75 Å². The van der Waals surface area contributed by atoms with Crippen molar-refractivity contribution in [1.29, 1.82) is 0 Å². The lowest BCUT2D eigenvalue weighted by molar-refractivity contribution is 0.432. The number of aromatic nitrogens is 2. The molecule has 2 aromatic carbocycles. The third kappa shape index (κ3) is 2.17. The Balaban J connectivity index is 1.69. The van der Waals surface area contributed by atoms with E-state index in [1.807, 2.05) is 6.07 Å². The maximum atomic E-state index is 9.31. The van der Waals surface area contributed by atoms with Gasteiger partial charge >= 0.3 is 0 Å². The highest BCUT2D eigenvalue weighted by Crippen LogP contribution is 2.26. The van der Waals surface area contributed by atoms with E-state index >= 15 is 0 Å². The molecule has 0 atom stereocenters. The molecular weight excluding hydrogens is 266 g/mol. The summed E-state index contributed by atoms with van der Waals surface area (Å²) < 4.78 is 5.35. The van der Waals surface area contributed by atoms with Crippen LogP contribution in [0.4, 0.5) is 0 Å². The second-order valence-corrected chi connectivity index (χ2v) is 5.06. The van der Waals surface area contributed by atoms with E-state index in [0.717, 1.165) is 24.2 Å². The van der Waals surface area contributed by atoms with Gasteiger partial charge in [0.05, 0.1) is 0 Å². The zero-order valence-electron chi connectivity index (χ0n) is 11.2. The molecule has 5 heteroatoms. The molecule has 21 heavy (non-hydrogen) atoms. The van der Waals surface area contributed by atoms with Crippen LogP contribution in [0.25, 0.3) is 22.8 Å². The fourth-order valence-corrected chi connectivity index (χ4v) is 2.50. The first kappa shape index (κ1) is 12.1. The summed E-state index contributed by atoms with van der Waals surface area (Å²) in [4.78, 5) is 4.43. The number of rotatable bonds is 2. The number of benzene rings is 2. The number of fused-ring (bicyclic) bond motifs is 1. The molecule has 1 aliphatic rings. The first-order chi connectivity index (χ1) is 10.3. The molecule has 4 rings (SSSR count). The van der Waals surface area contributed by atoms with Crippen LogP contribution in [0, 0.1) is 0 Å². The zero-order chi connectivity index (χ0) is 14.2. The third-order valence-corrected chi connectivity index (χ3v) is 3.64. The summed E-state index contributed by atoms with van der Waals surface area (Å²) in [5.41, 5.74) is 4.33. The minimum Gasteiger partial charge on any atom is -0.508 e. The maximum absolute atomic E-state index is 9.31. The standard InChI is InChI=1S/C16H13N3O2/c20-14-5-3-10(4-6-14)15-18-16(21-19-15)11-1-2-12-8-17-9-13(12)7-11/h1-7,17,20H,8-9H2. The van der Waals surface area contributed by atoms with Crippen LogP contribution in [-0.2, 0) is 13.1 Å². The van der Waals surface area contributed by atoms with Gasteiger partial charge in [-0.1, -0.05) is 11.2 Å². The molecule has 2 heterocycles. The molecule has 1 aliphatic heterocycles. The molecule has 1 aromatic heterocycles. The van der Waals surface area contributed by atoms with E-state index in [9.17, 15) is 5.11 Å². The van der Waals surface area contributed by atoms with Gasteiger partial charge in [-0.15, -0.1) is 0 Å². The summed E-state index contributed by atoms with van der Waals surface area (Å²) in [6.07, 6.45) is 0. The van der Waals surface area contributed by atoms with Crippen LogP contribution in [0.3, 0.4) is 0 Å². The minimum atomic E-state index is 0.216. The Kier molecular flexibility index (Phi) is 2.72. The minimum absolute atomic E-state index is 0.216. The Bertz CT molecular complexity index is 794. The monoisotopic (exact) mass is 279 g/mol.